The monoisotopic (exact) mass is 282 g/mol. The van der Waals surface area contributed by atoms with Crippen LogP contribution in [0.4, 0.5) is 0 Å². The van der Waals surface area contributed by atoms with Gasteiger partial charge in [0.05, 0.1) is 6.61 Å². The van der Waals surface area contributed by atoms with Crippen LogP contribution in [0.1, 0.15) is 30.4 Å². The average Bonchev–Trinajstić information content (AvgIpc) is 2.20. The maximum Gasteiger partial charge on any atom is 0.125 e. The molecule has 0 saturated heterocycles. The van der Waals surface area contributed by atoms with Crippen molar-refractivity contribution < 1.29 is 4.74 Å². The van der Waals surface area contributed by atoms with Gasteiger partial charge in [0.25, 0.3) is 0 Å². The van der Waals surface area contributed by atoms with Crippen LogP contribution in [0, 0.1) is 13.8 Å². The number of rotatable bonds is 6. The zero-order valence-corrected chi connectivity index (χ0v) is 11.6. The van der Waals surface area contributed by atoms with E-state index in [1.54, 1.807) is 0 Å². The third-order valence-corrected chi connectivity index (χ3v) is 2.93. The molecule has 1 aromatic rings. The molecule has 1 aromatic carbocycles. The molecule has 16 heavy (non-hydrogen) atoms. The Labute approximate surface area is 107 Å². The Morgan fingerprint density at radius 3 is 2.44 bits per heavy atom. The summed E-state index contributed by atoms with van der Waals surface area (Å²) < 4.78 is 6.93. The van der Waals surface area contributed by atoms with Gasteiger partial charge in [-0.2, -0.15) is 0 Å². The molecule has 88 valence electrons. The SMILES string of the molecule is C=CCCCCOc1c(C)cc(Br)cc1C. The van der Waals surface area contributed by atoms with Gasteiger partial charge in [-0.1, -0.05) is 22.0 Å². The minimum absolute atomic E-state index is 0.789. The number of hydrogen-bond acceptors (Lipinski definition) is 1. The predicted octanol–water partition coefficient (Wildman–Crippen LogP) is 4.80. The van der Waals surface area contributed by atoms with Crippen molar-refractivity contribution in [1.29, 1.82) is 0 Å². The molecule has 0 aliphatic rings. The van der Waals surface area contributed by atoms with Crippen molar-refractivity contribution in [3.63, 3.8) is 0 Å². The van der Waals surface area contributed by atoms with E-state index in [0.717, 1.165) is 36.1 Å². The van der Waals surface area contributed by atoms with Crippen LogP contribution in [0.3, 0.4) is 0 Å². The van der Waals surface area contributed by atoms with E-state index in [1.807, 2.05) is 6.08 Å². The molecule has 0 fully saturated rings. The standard InChI is InChI=1S/C14H19BrO/c1-4-5-6-7-8-16-14-11(2)9-13(15)10-12(14)3/h4,9-10H,1,5-8H2,2-3H3. The van der Waals surface area contributed by atoms with Crippen LogP contribution in [0.5, 0.6) is 5.75 Å². The first-order chi connectivity index (χ1) is 7.65. The van der Waals surface area contributed by atoms with Crippen LogP contribution in [-0.2, 0) is 0 Å². The molecule has 0 heterocycles. The van der Waals surface area contributed by atoms with Gasteiger partial charge in [-0.3, -0.25) is 0 Å². The molecule has 0 aromatic heterocycles. The largest absolute Gasteiger partial charge is 0.493 e. The highest BCUT2D eigenvalue weighted by atomic mass is 79.9. The second-order valence-corrected chi connectivity index (χ2v) is 4.92. The highest BCUT2D eigenvalue weighted by Crippen LogP contribution is 2.27. The molecule has 0 aliphatic heterocycles. The Balaban J connectivity index is 2.50. The number of aryl methyl sites for hydroxylation is 2. The van der Waals surface area contributed by atoms with Crippen LogP contribution >= 0.6 is 15.9 Å². The minimum atomic E-state index is 0.789. The second-order valence-electron chi connectivity index (χ2n) is 4.00. The molecule has 0 aliphatic carbocycles. The maximum absolute atomic E-state index is 5.81. The zero-order valence-electron chi connectivity index (χ0n) is 10.1. The third-order valence-electron chi connectivity index (χ3n) is 2.47. The van der Waals surface area contributed by atoms with E-state index in [9.17, 15) is 0 Å². The quantitative estimate of drug-likeness (QED) is 0.538. The lowest BCUT2D eigenvalue weighted by Crippen LogP contribution is -2.00. The summed E-state index contributed by atoms with van der Waals surface area (Å²) in [4.78, 5) is 0. The fourth-order valence-electron chi connectivity index (χ4n) is 1.69. The van der Waals surface area contributed by atoms with E-state index in [4.69, 9.17) is 4.74 Å². The first kappa shape index (κ1) is 13.3. The van der Waals surface area contributed by atoms with Gasteiger partial charge in [-0.25, -0.2) is 0 Å². The average molecular weight is 283 g/mol. The molecule has 2 heteroatoms. The number of benzene rings is 1. The molecule has 0 bridgehead atoms. The van der Waals surface area contributed by atoms with E-state index in [2.05, 4.69) is 48.5 Å². The van der Waals surface area contributed by atoms with Crippen molar-refractivity contribution in [2.45, 2.75) is 33.1 Å². The van der Waals surface area contributed by atoms with E-state index >= 15 is 0 Å². The number of hydrogen-bond donors (Lipinski definition) is 0. The van der Waals surface area contributed by atoms with E-state index in [0.29, 0.717) is 0 Å². The number of halogens is 1. The van der Waals surface area contributed by atoms with Crippen LogP contribution in [0.15, 0.2) is 29.3 Å². The summed E-state index contributed by atoms with van der Waals surface area (Å²) in [5.41, 5.74) is 2.38. The Bertz CT molecular complexity index is 335. The van der Waals surface area contributed by atoms with Crippen LogP contribution in [0.2, 0.25) is 0 Å². The summed E-state index contributed by atoms with van der Waals surface area (Å²) in [5, 5.41) is 0. The summed E-state index contributed by atoms with van der Waals surface area (Å²) >= 11 is 3.48. The molecular formula is C14H19BrO. The summed E-state index contributed by atoms with van der Waals surface area (Å²) in [6.45, 7) is 8.66. The van der Waals surface area contributed by atoms with Gasteiger partial charge in [-0.15, -0.1) is 6.58 Å². The molecule has 0 N–H and O–H groups in total. The maximum atomic E-state index is 5.81. The van der Waals surface area contributed by atoms with Gasteiger partial charge in [0.2, 0.25) is 0 Å². The van der Waals surface area contributed by atoms with E-state index < -0.39 is 0 Å². The molecular weight excluding hydrogens is 264 g/mol. The van der Waals surface area contributed by atoms with E-state index in [1.165, 1.54) is 11.1 Å². The van der Waals surface area contributed by atoms with E-state index in [-0.39, 0.29) is 0 Å². The summed E-state index contributed by atoms with van der Waals surface area (Å²) in [5.74, 6) is 1.03. The Kier molecular flexibility index (Phi) is 5.61. The number of unbranched alkanes of at least 4 members (excludes halogenated alkanes) is 2. The lowest BCUT2D eigenvalue weighted by atomic mass is 10.1. The Morgan fingerprint density at radius 1 is 1.25 bits per heavy atom. The third kappa shape index (κ3) is 4.01. The number of ether oxygens (including phenoxy) is 1. The molecule has 0 unspecified atom stereocenters. The molecule has 0 radical (unpaired) electrons. The molecule has 1 nitrogen and oxygen atoms in total. The first-order valence-corrected chi connectivity index (χ1v) is 6.45. The van der Waals surface area contributed by atoms with Crippen molar-refractivity contribution in [3.8, 4) is 5.75 Å². The topological polar surface area (TPSA) is 9.23 Å². The predicted molar refractivity (Wildman–Crippen MR) is 73.2 cm³/mol. The van der Waals surface area contributed by atoms with Crippen molar-refractivity contribution in [3.05, 3.63) is 40.4 Å². The smallest absolute Gasteiger partial charge is 0.125 e. The first-order valence-electron chi connectivity index (χ1n) is 5.65. The van der Waals surface area contributed by atoms with Crippen LogP contribution in [-0.4, -0.2) is 6.61 Å². The Hall–Kier alpha value is -0.760. The van der Waals surface area contributed by atoms with Crippen LogP contribution < -0.4 is 4.74 Å². The van der Waals surface area contributed by atoms with Gasteiger partial charge in [-0.05, 0) is 56.4 Å². The van der Waals surface area contributed by atoms with Crippen molar-refractivity contribution in [1.82, 2.24) is 0 Å². The van der Waals surface area contributed by atoms with Crippen molar-refractivity contribution in [2.24, 2.45) is 0 Å². The minimum Gasteiger partial charge on any atom is -0.493 e. The van der Waals surface area contributed by atoms with Gasteiger partial charge < -0.3 is 4.74 Å². The Morgan fingerprint density at radius 2 is 1.88 bits per heavy atom. The molecule has 1 rings (SSSR count). The summed E-state index contributed by atoms with van der Waals surface area (Å²) in [7, 11) is 0. The van der Waals surface area contributed by atoms with Gasteiger partial charge in [0.15, 0.2) is 0 Å². The van der Waals surface area contributed by atoms with Gasteiger partial charge in [0, 0.05) is 4.47 Å². The van der Waals surface area contributed by atoms with Crippen molar-refractivity contribution in [2.75, 3.05) is 6.61 Å². The van der Waals surface area contributed by atoms with Gasteiger partial charge in [0.1, 0.15) is 5.75 Å². The normalized spacial score (nSPS) is 10.2. The molecule has 0 atom stereocenters. The second kappa shape index (κ2) is 6.74. The summed E-state index contributed by atoms with van der Waals surface area (Å²) in [6.07, 6.45) is 5.26. The lowest BCUT2D eigenvalue weighted by Gasteiger charge is -2.12. The molecule has 0 saturated carbocycles. The van der Waals surface area contributed by atoms with Crippen LogP contribution in [0.25, 0.3) is 0 Å². The highest BCUT2D eigenvalue weighted by Gasteiger charge is 2.04. The summed E-state index contributed by atoms with van der Waals surface area (Å²) in [6, 6.07) is 4.18. The fourth-order valence-corrected chi connectivity index (χ4v) is 2.38. The van der Waals surface area contributed by atoms with Gasteiger partial charge >= 0.3 is 0 Å². The molecule has 0 spiro atoms. The lowest BCUT2D eigenvalue weighted by molar-refractivity contribution is 0.303. The number of allylic oxidation sites excluding steroid dienone is 1. The molecule has 0 amide bonds. The fraction of sp³-hybridized carbons (Fsp3) is 0.429. The zero-order chi connectivity index (χ0) is 12.0. The highest BCUT2D eigenvalue weighted by molar-refractivity contribution is 9.10. The van der Waals surface area contributed by atoms with Crippen molar-refractivity contribution >= 4 is 15.9 Å².